The second-order valence-corrected chi connectivity index (χ2v) is 8.36. The molecule has 172 valence electrons. The highest BCUT2D eigenvalue weighted by atomic mass is 16.5. The molecule has 2 aliphatic rings. The Balaban J connectivity index is 1.39. The SMILES string of the molecule is COCCCN1C(=O)CCN(C(=O)CCc2nc(-c3ccccc3)no2)CC12CCOC2. The van der Waals surface area contributed by atoms with Gasteiger partial charge in [0.15, 0.2) is 0 Å². The lowest BCUT2D eigenvalue weighted by Gasteiger charge is -2.40. The first-order valence-corrected chi connectivity index (χ1v) is 11.1. The summed E-state index contributed by atoms with van der Waals surface area (Å²) in [5.74, 6) is 1.01. The van der Waals surface area contributed by atoms with E-state index < -0.39 is 5.54 Å². The van der Waals surface area contributed by atoms with Crippen LogP contribution < -0.4 is 0 Å². The average molecular weight is 443 g/mol. The van der Waals surface area contributed by atoms with Crippen molar-refractivity contribution in [1.82, 2.24) is 19.9 Å². The predicted octanol–water partition coefficient (Wildman–Crippen LogP) is 1.93. The van der Waals surface area contributed by atoms with E-state index in [2.05, 4.69) is 10.1 Å². The van der Waals surface area contributed by atoms with Crippen LogP contribution in [-0.2, 0) is 25.5 Å². The van der Waals surface area contributed by atoms with Gasteiger partial charge in [0, 0.05) is 64.8 Å². The van der Waals surface area contributed by atoms with Crippen LogP contribution in [0.1, 0.15) is 31.6 Å². The Morgan fingerprint density at radius 2 is 2.12 bits per heavy atom. The molecule has 0 aliphatic carbocycles. The zero-order chi connectivity index (χ0) is 22.4. The molecule has 2 fully saturated rings. The number of carbonyl (C=O) groups is 2. The van der Waals surface area contributed by atoms with Crippen molar-refractivity contribution < 1.29 is 23.6 Å². The molecule has 3 heterocycles. The molecule has 0 N–H and O–H groups in total. The number of hydrogen-bond acceptors (Lipinski definition) is 7. The first kappa shape index (κ1) is 22.4. The number of ether oxygens (including phenoxy) is 2. The van der Waals surface area contributed by atoms with Crippen LogP contribution in [0.15, 0.2) is 34.9 Å². The molecule has 1 spiro atoms. The number of benzene rings is 1. The highest BCUT2D eigenvalue weighted by Gasteiger charge is 2.46. The summed E-state index contributed by atoms with van der Waals surface area (Å²) in [4.78, 5) is 34.1. The van der Waals surface area contributed by atoms with E-state index in [1.165, 1.54) is 0 Å². The molecule has 2 aromatic rings. The van der Waals surface area contributed by atoms with Gasteiger partial charge in [0.2, 0.25) is 23.5 Å². The number of methoxy groups -OCH3 is 1. The zero-order valence-corrected chi connectivity index (χ0v) is 18.5. The lowest BCUT2D eigenvalue weighted by Crippen LogP contribution is -2.57. The van der Waals surface area contributed by atoms with Crippen LogP contribution in [0.2, 0.25) is 0 Å². The minimum absolute atomic E-state index is 0.0118. The van der Waals surface area contributed by atoms with Gasteiger partial charge in [-0.15, -0.1) is 0 Å². The summed E-state index contributed by atoms with van der Waals surface area (Å²) in [6.07, 6.45) is 2.44. The van der Waals surface area contributed by atoms with Gasteiger partial charge in [-0.3, -0.25) is 9.59 Å². The quantitative estimate of drug-likeness (QED) is 0.576. The van der Waals surface area contributed by atoms with E-state index in [0.29, 0.717) is 64.0 Å². The van der Waals surface area contributed by atoms with Gasteiger partial charge in [0.1, 0.15) is 0 Å². The predicted molar refractivity (Wildman–Crippen MR) is 116 cm³/mol. The molecule has 2 aliphatic heterocycles. The van der Waals surface area contributed by atoms with Gasteiger partial charge < -0.3 is 23.8 Å². The van der Waals surface area contributed by atoms with Gasteiger partial charge in [-0.1, -0.05) is 35.5 Å². The Kier molecular flexibility index (Phi) is 7.16. The molecule has 2 amide bonds. The number of carbonyl (C=O) groups excluding carboxylic acids is 2. The van der Waals surface area contributed by atoms with Gasteiger partial charge in [-0.25, -0.2) is 0 Å². The van der Waals surface area contributed by atoms with Gasteiger partial charge in [-0.05, 0) is 12.8 Å². The van der Waals surface area contributed by atoms with Gasteiger partial charge in [0.05, 0.1) is 12.1 Å². The van der Waals surface area contributed by atoms with Crippen LogP contribution in [0.3, 0.4) is 0 Å². The van der Waals surface area contributed by atoms with Crippen LogP contribution in [0.5, 0.6) is 0 Å². The third kappa shape index (κ3) is 4.99. The molecular weight excluding hydrogens is 412 g/mol. The summed E-state index contributed by atoms with van der Waals surface area (Å²) in [5.41, 5.74) is 0.415. The summed E-state index contributed by atoms with van der Waals surface area (Å²) in [7, 11) is 1.66. The third-order valence-electron chi connectivity index (χ3n) is 6.17. The van der Waals surface area contributed by atoms with Crippen molar-refractivity contribution in [3.8, 4) is 11.4 Å². The molecule has 1 aromatic heterocycles. The van der Waals surface area contributed by atoms with E-state index in [9.17, 15) is 9.59 Å². The van der Waals surface area contributed by atoms with E-state index in [-0.39, 0.29) is 18.2 Å². The second-order valence-electron chi connectivity index (χ2n) is 8.36. The smallest absolute Gasteiger partial charge is 0.227 e. The van der Waals surface area contributed by atoms with Crippen molar-refractivity contribution in [3.63, 3.8) is 0 Å². The van der Waals surface area contributed by atoms with E-state index in [1.807, 2.05) is 35.2 Å². The number of rotatable bonds is 8. The largest absolute Gasteiger partial charge is 0.385 e. The highest BCUT2D eigenvalue weighted by molar-refractivity contribution is 5.81. The van der Waals surface area contributed by atoms with Crippen molar-refractivity contribution >= 4 is 11.8 Å². The summed E-state index contributed by atoms with van der Waals surface area (Å²) in [6.45, 7) is 3.17. The number of aryl methyl sites for hydroxylation is 1. The minimum atomic E-state index is -0.456. The van der Waals surface area contributed by atoms with E-state index in [4.69, 9.17) is 14.0 Å². The number of amides is 2. The highest BCUT2D eigenvalue weighted by Crippen LogP contribution is 2.31. The zero-order valence-electron chi connectivity index (χ0n) is 18.5. The maximum absolute atomic E-state index is 13.1. The normalized spacial score (nSPS) is 21.3. The monoisotopic (exact) mass is 442 g/mol. The Morgan fingerprint density at radius 3 is 2.88 bits per heavy atom. The summed E-state index contributed by atoms with van der Waals surface area (Å²) in [5, 5.41) is 4.02. The van der Waals surface area contributed by atoms with Gasteiger partial charge in [0.25, 0.3) is 0 Å². The lowest BCUT2D eigenvalue weighted by molar-refractivity contribution is -0.138. The van der Waals surface area contributed by atoms with Crippen molar-refractivity contribution in [2.75, 3.05) is 46.6 Å². The van der Waals surface area contributed by atoms with Crippen LogP contribution >= 0.6 is 0 Å². The molecule has 0 saturated carbocycles. The minimum Gasteiger partial charge on any atom is -0.385 e. The Hall–Kier alpha value is -2.78. The van der Waals surface area contributed by atoms with E-state index in [1.54, 1.807) is 12.0 Å². The lowest BCUT2D eigenvalue weighted by atomic mass is 9.95. The molecule has 0 bridgehead atoms. The Labute approximate surface area is 187 Å². The molecule has 9 nitrogen and oxygen atoms in total. The first-order valence-electron chi connectivity index (χ1n) is 11.1. The fourth-order valence-corrected chi connectivity index (χ4v) is 4.46. The van der Waals surface area contributed by atoms with Gasteiger partial charge >= 0.3 is 0 Å². The summed E-state index contributed by atoms with van der Waals surface area (Å²) < 4.78 is 16.2. The Bertz CT molecular complexity index is 910. The second kappa shape index (κ2) is 10.2. The summed E-state index contributed by atoms with van der Waals surface area (Å²) >= 11 is 0. The molecule has 1 atom stereocenters. The first-order chi connectivity index (χ1) is 15.6. The Morgan fingerprint density at radius 1 is 1.28 bits per heavy atom. The van der Waals surface area contributed by atoms with E-state index in [0.717, 1.165) is 18.4 Å². The van der Waals surface area contributed by atoms with Crippen molar-refractivity contribution in [2.45, 2.75) is 37.6 Å². The standard InChI is InChI=1S/C23H30N4O5/c1-30-14-5-12-27-21(29)10-13-26(16-23(27)11-15-31-17-23)20(28)9-8-19-24-22(25-32-19)18-6-3-2-4-7-18/h2-4,6-7H,5,8-17H2,1H3. The molecule has 0 radical (unpaired) electrons. The topological polar surface area (TPSA) is 98.0 Å². The molecule has 32 heavy (non-hydrogen) atoms. The fourth-order valence-electron chi connectivity index (χ4n) is 4.46. The summed E-state index contributed by atoms with van der Waals surface area (Å²) in [6, 6.07) is 9.58. The average Bonchev–Trinajstić information content (AvgIpc) is 3.46. The molecule has 1 unspecified atom stereocenters. The maximum Gasteiger partial charge on any atom is 0.227 e. The third-order valence-corrected chi connectivity index (χ3v) is 6.17. The van der Waals surface area contributed by atoms with Crippen LogP contribution in [-0.4, -0.2) is 83.9 Å². The number of aromatic nitrogens is 2. The van der Waals surface area contributed by atoms with Gasteiger partial charge in [-0.2, -0.15) is 4.98 Å². The molecular formula is C23H30N4O5. The molecule has 9 heteroatoms. The van der Waals surface area contributed by atoms with Crippen LogP contribution in [0.25, 0.3) is 11.4 Å². The van der Waals surface area contributed by atoms with Crippen molar-refractivity contribution in [3.05, 3.63) is 36.2 Å². The number of nitrogens with zero attached hydrogens (tertiary/aromatic N) is 4. The van der Waals surface area contributed by atoms with Crippen LogP contribution in [0.4, 0.5) is 0 Å². The fraction of sp³-hybridized carbons (Fsp3) is 0.565. The molecule has 4 rings (SSSR count). The van der Waals surface area contributed by atoms with Crippen molar-refractivity contribution in [2.24, 2.45) is 0 Å². The number of hydrogen-bond donors (Lipinski definition) is 0. The molecule has 2 saturated heterocycles. The maximum atomic E-state index is 13.1. The van der Waals surface area contributed by atoms with E-state index >= 15 is 0 Å². The van der Waals surface area contributed by atoms with Crippen LogP contribution in [0, 0.1) is 0 Å². The van der Waals surface area contributed by atoms with Crippen molar-refractivity contribution in [1.29, 1.82) is 0 Å². The molecule has 1 aromatic carbocycles.